The maximum atomic E-state index is 11.5. The number of carbonyl (C=O) groups excluding carboxylic acids is 1. The van der Waals surface area contributed by atoms with Gasteiger partial charge in [0, 0.05) is 12.0 Å². The number of benzene rings is 1. The Balaban J connectivity index is 2.01. The summed E-state index contributed by atoms with van der Waals surface area (Å²) in [7, 11) is 0. The summed E-state index contributed by atoms with van der Waals surface area (Å²) in [5, 5.41) is 8.57. The van der Waals surface area contributed by atoms with Gasteiger partial charge >= 0.3 is 5.97 Å². The smallest absolute Gasteiger partial charge is 0.345 e. The number of hydrogen-bond donors (Lipinski definition) is 0. The molecule has 0 amide bonds. The summed E-state index contributed by atoms with van der Waals surface area (Å²) < 4.78 is 16.1. The maximum absolute atomic E-state index is 11.5. The van der Waals surface area contributed by atoms with Crippen LogP contribution in [0, 0.1) is 11.3 Å². The van der Waals surface area contributed by atoms with Crippen molar-refractivity contribution in [3.63, 3.8) is 0 Å². The van der Waals surface area contributed by atoms with Crippen LogP contribution in [0.1, 0.15) is 26.3 Å². The van der Waals surface area contributed by atoms with E-state index < -0.39 is 12.1 Å². The molecule has 0 aliphatic carbocycles. The average molecular weight is 275 g/mol. The predicted molar refractivity (Wildman–Crippen MR) is 71.5 cm³/mol. The topological polar surface area (TPSA) is 68.5 Å². The first-order chi connectivity index (χ1) is 9.41. The van der Waals surface area contributed by atoms with Crippen LogP contribution < -0.4 is 9.47 Å². The largest absolute Gasteiger partial charge is 0.483 e. The molecule has 0 spiro atoms. The number of fused-ring (bicyclic) bond motifs is 1. The zero-order valence-electron chi connectivity index (χ0n) is 11.8. The Labute approximate surface area is 118 Å². The van der Waals surface area contributed by atoms with Crippen LogP contribution in [0.25, 0.3) is 0 Å². The van der Waals surface area contributed by atoms with Crippen LogP contribution in [0.4, 0.5) is 0 Å². The summed E-state index contributed by atoms with van der Waals surface area (Å²) in [6, 6.07) is 7.42. The molecule has 0 fully saturated rings. The van der Waals surface area contributed by atoms with Gasteiger partial charge in [-0.25, -0.2) is 4.79 Å². The van der Waals surface area contributed by atoms with Gasteiger partial charge in [-0.2, -0.15) is 5.26 Å². The van der Waals surface area contributed by atoms with Crippen LogP contribution in [0.2, 0.25) is 0 Å². The normalized spacial score (nSPS) is 16.5. The van der Waals surface area contributed by atoms with Crippen LogP contribution >= 0.6 is 0 Å². The standard InChI is InChI=1S/C15H17NO4/c1-10(8-16)19-13(17)9-18-12-6-4-5-11-7-15(2,3)20-14(11)12/h4-6,10H,7,9H2,1-3H3/t10-/m0/s1. The van der Waals surface area contributed by atoms with Crippen molar-refractivity contribution in [2.24, 2.45) is 0 Å². The van der Waals surface area contributed by atoms with Crippen LogP contribution in [-0.2, 0) is 16.0 Å². The van der Waals surface area contributed by atoms with Crippen molar-refractivity contribution >= 4 is 5.97 Å². The SMILES string of the molecule is C[C@@H](C#N)OC(=O)COc1cccc2c1OC(C)(C)C2. The minimum Gasteiger partial charge on any atom is -0.483 e. The Morgan fingerprint density at radius 3 is 3.00 bits per heavy atom. The van der Waals surface area contributed by atoms with Gasteiger partial charge in [0.2, 0.25) is 0 Å². The van der Waals surface area contributed by atoms with Crippen molar-refractivity contribution in [2.45, 2.75) is 38.9 Å². The Bertz CT molecular complexity index is 559. The van der Waals surface area contributed by atoms with E-state index in [4.69, 9.17) is 19.5 Å². The Kier molecular flexibility index (Phi) is 3.84. The minimum absolute atomic E-state index is 0.244. The first-order valence-corrected chi connectivity index (χ1v) is 6.44. The highest BCUT2D eigenvalue weighted by molar-refractivity contribution is 5.71. The molecule has 0 saturated carbocycles. The molecule has 0 unspecified atom stereocenters. The first-order valence-electron chi connectivity index (χ1n) is 6.44. The zero-order valence-corrected chi connectivity index (χ0v) is 11.8. The monoisotopic (exact) mass is 275 g/mol. The lowest BCUT2D eigenvalue weighted by molar-refractivity contribution is -0.148. The molecule has 0 bridgehead atoms. The van der Waals surface area contributed by atoms with Gasteiger partial charge in [0.25, 0.3) is 0 Å². The summed E-state index contributed by atoms with van der Waals surface area (Å²) in [5.41, 5.74) is 0.795. The molecule has 1 heterocycles. The molecule has 1 aliphatic heterocycles. The van der Waals surface area contributed by atoms with Crippen LogP contribution in [-0.4, -0.2) is 24.3 Å². The van der Waals surface area contributed by atoms with Crippen molar-refractivity contribution < 1.29 is 19.0 Å². The highest BCUT2D eigenvalue weighted by Crippen LogP contribution is 2.41. The fourth-order valence-electron chi connectivity index (χ4n) is 2.10. The van der Waals surface area contributed by atoms with Gasteiger partial charge < -0.3 is 14.2 Å². The molecule has 0 radical (unpaired) electrons. The number of rotatable bonds is 4. The quantitative estimate of drug-likeness (QED) is 0.788. The lowest BCUT2D eigenvalue weighted by atomic mass is 10.0. The van der Waals surface area contributed by atoms with Gasteiger partial charge in [-0.05, 0) is 26.8 Å². The molecular weight excluding hydrogens is 258 g/mol. The Hall–Kier alpha value is -2.22. The third kappa shape index (κ3) is 3.21. The second-order valence-corrected chi connectivity index (χ2v) is 5.33. The third-order valence-corrected chi connectivity index (χ3v) is 2.89. The number of ether oxygens (including phenoxy) is 3. The van der Waals surface area contributed by atoms with Crippen molar-refractivity contribution in [3.05, 3.63) is 23.8 Å². The number of para-hydroxylation sites is 1. The van der Waals surface area contributed by atoms with E-state index in [1.165, 1.54) is 6.92 Å². The average Bonchev–Trinajstić information content (AvgIpc) is 2.70. The van der Waals surface area contributed by atoms with Gasteiger partial charge in [0.15, 0.2) is 24.2 Å². The molecule has 2 rings (SSSR count). The van der Waals surface area contributed by atoms with Gasteiger partial charge in [0.1, 0.15) is 11.7 Å². The van der Waals surface area contributed by atoms with Crippen LogP contribution in [0.5, 0.6) is 11.5 Å². The van der Waals surface area contributed by atoms with Crippen molar-refractivity contribution in [1.29, 1.82) is 5.26 Å². The molecule has 5 heteroatoms. The van der Waals surface area contributed by atoms with Crippen molar-refractivity contribution in [2.75, 3.05) is 6.61 Å². The summed E-state index contributed by atoms with van der Waals surface area (Å²) in [6.07, 6.45) is 0.0258. The van der Waals surface area contributed by atoms with Gasteiger partial charge in [0.05, 0.1) is 0 Å². The molecule has 0 saturated heterocycles. The number of hydrogen-bond acceptors (Lipinski definition) is 5. The van der Waals surface area contributed by atoms with E-state index in [1.54, 1.807) is 6.07 Å². The van der Waals surface area contributed by atoms with Crippen molar-refractivity contribution in [3.8, 4) is 17.6 Å². The molecular formula is C15H17NO4. The van der Waals surface area contributed by atoms with Crippen LogP contribution in [0.15, 0.2) is 18.2 Å². The fourth-order valence-corrected chi connectivity index (χ4v) is 2.10. The van der Waals surface area contributed by atoms with Gasteiger partial charge in [-0.15, -0.1) is 0 Å². The zero-order chi connectivity index (χ0) is 14.8. The molecule has 5 nitrogen and oxygen atoms in total. The molecule has 106 valence electrons. The molecule has 1 aliphatic rings. The van der Waals surface area contributed by atoms with Gasteiger partial charge in [-0.3, -0.25) is 0 Å². The highest BCUT2D eigenvalue weighted by atomic mass is 16.6. The van der Waals surface area contributed by atoms with Crippen molar-refractivity contribution in [1.82, 2.24) is 0 Å². The van der Waals surface area contributed by atoms with E-state index in [0.29, 0.717) is 11.5 Å². The number of esters is 1. The lowest BCUT2D eigenvalue weighted by Crippen LogP contribution is -2.25. The molecule has 1 aromatic carbocycles. The predicted octanol–water partition coefficient (Wildman–Crippen LogP) is 2.23. The van der Waals surface area contributed by atoms with E-state index in [0.717, 1.165) is 12.0 Å². The van der Waals surface area contributed by atoms with Gasteiger partial charge in [-0.1, -0.05) is 12.1 Å². The minimum atomic E-state index is -0.775. The second kappa shape index (κ2) is 5.41. The Morgan fingerprint density at radius 1 is 1.55 bits per heavy atom. The summed E-state index contributed by atoms with van der Waals surface area (Å²) >= 11 is 0. The fraction of sp³-hybridized carbons (Fsp3) is 0.467. The number of nitriles is 1. The van der Waals surface area contributed by atoms with E-state index in [2.05, 4.69) is 0 Å². The van der Waals surface area contributed by atoms with E-state index in [1.807, 2.05) is 32.0 Å². The lowest BCUT2D eigenvalue weighted by Gasteiger charge is -2.18. The molecule has 1 aromatic rings. The first kappa shape index (κ1) is 14.2. The maximum Gasteiger partial charge on any atom is 0.345 e. The van der Waals surface area contributed by atoms with E-state index >= 15 is 0 Å². The summed E-state index contributed by atoms with van der Waals surface area (Å²) in [6.45, 7) is 5.26. The van der Waals surface area contributed by atoms with E-state index in [9.17, 15) is 4.79 Å². The third-order valence-electron chi connectivity index (χ3n) is 2.89. The Morgan fingerprint density at radius 2 is 2.30 bits per heavy atom. The highest BCUT2D eigenvalue weighted by Gasteiger charge is 2.32. The number of carbonyl (C=O) groups is 1. The van der Waals surface area contributed by atoms with E-state index in [-0.39, 0.29) is 12.2 Å². The molecule has 0 N–H and O–H groups in total. The molecule has 1 atom stereocenters. The molecule has 20 heavy (non-hydrogen) atoms. The van der Waals surface area contributed by atoms with Crippen LogP contribution in [0.3, 0.4) is 0 Å². The second-order valence-electron chi connectivity index (χ2n) is 5.33. The summed E-state index contributed by atoms with van der Waals surface area (Å²) in [5.74, 6) is 0.627. The molecule has 0 aromatic heterocycles. The summed E-state index contributed by atoms with van der Waals surface area (Å²) in [4.78, 5) is 11.5. The number of nitrogens with zero attached hydrogens (tertiary/aromatic N) is 1.